The van der Waals surface area contributed by atoms with Crippen molar-refractivity contribution in [2.24, 2.45) is 5.92 Å². The highest BCUT2D eigenvalue weighted by atomic mass is 16.2. The van der Waals surface area contributed by atoms with Crippen LogP contribution in [0.15, 0.2) is 24.3 Å². The van der Waals surface area contributed by atoms with E-state index in [-0.39, 0.29) is 0 Å². The standard InChI is InChI=1S/C13H14N2O3/c1-8-4-3-5-9(6-8)7-10-11(16)14-13(18)15(2)12(10)17/h3-6,10H,7H2,1-2H3,(H,14,16,18). The van der Waals surface area contributed by atoms with Crippen LogP contribution in [-0.2, 0) is 16.0 Å². The van der Waals surface area contributed by atoms with Crippen LogP contribution in [0.2, 0.25) is 0 Å². The van der Waals surface area contributed by atoms with Crippen molar-refractivity contribution in [2.45, 2.75) is 13.3 Å². The Bertz CT molecular complexity index is 525. The van der Waals surface area contributed by atoms with Crippen LogP contribution in [-0.4, -0.2) is 29.8 Å². The van der Waals surface area contributed by atoms with E-state index in [0.717, 1.165) is 16.0 Å². The van der Waals surface area contributed by atoms with Gasteiger partial charge in [0.1, 0.15) is 5.92 Å². The molecule has 1 aromatic carbocycles. The fourth-order valence-corrected chi connectivity index (χ4v) is 1.98. The zero-order valence-corrected chi connectivity index (χ0v) is 10.3. The van der Waals surface area contributed by atoms with Crippen LogP contribution in [0.25, 0.3) is 0 Å². The molecule has 0 aromatic heterocycles. The van der Waals surface area contributed by atoms with Gasteiger partial charge in [-0.1, -0.05) is 29.8 Å². The van der Waals surface area contributed by atoms with Gasteiger partial charge in [0.2, 0.25) is 11.8 Å². The Morgan fingerprint density at radius 2 is 2.00 bits per heavy atom. The van der Waals surface area contributed by atoms with Crippen molar-refractivity contribution in [3.8, 4) is 0 Å². The first-order chi connectivity index (χ1) is 8.49. The van der Waals surface area contributed by atoms with Gasteiger partial charge in [0.15, 0.2) is 0 Å². The lowest BCUT2D eigenvalue weighted by molar-refractivity contribution is -0.141. The average Bonchev–Trinajstić information content (AvgIpc) is 2.32. The summed E-state index contributed by atoms with van der Waals surface area (Å²) >= 11 is 0. The van der Waals surface area contributed by atoms with Gasteiger partial charge in [-0.3, -0.25) is 19.8 Å². The molecular formula is C13H14N2O3. The molecule has 1 unspecified atom stereocenters. The summed E-state index contributed by atoms with van der Waals surface area (Å²) in [5.74, 6) is -1.80. The summed E-state index contributed by atoms with van der Waals surface area (Å²) in [6.07, 6.45) is 0.309. The molecule has 1 heterocycles. The predicted molar refractivity (Wildman–Crippen MR) is 64.7 cm³/mol. The Morgan fingerprint density at radius 3 is 2.67 bits per heavy atom. The second kappa shape index (κ2) is 4.60. The third-order valence-electron chi connectivity index (χ3n) is 3.00. The fraction of sp³-hybridized carbons (Fsp3) is 0.308. The number of urea groups is 1. The number of benzene rings is 1. The Kier molecular flexibility index (Phi) is 3.14. The molecule has 1 aliphatic heterocycles. The summed E-state index contributed by atoms with van der Waals surface area (Å²) in [6, 6.07) is 6.96. The SMILES string of the molecule is Cc1cccc(CC2C(=O)NC(=O)N(C)C2=O)c1. The summed E-state index contributed by atoms with van der Waals surface area (Å²) in [4.78, 5) is 35.7. The Morgan fingerprint density at radius 1 is 1.28 bits per heavy atom. The molecule has 4 amide bonds. The minimum atomic E-state index is -0.825. The van der Waals surface area contributed by atoms with Crippen LogP contribution in [0, 0.1) is 12.8 Å². The first kappa shape index (κ1) is 12.3. The number of carbonyl (C=O) groups excluding carboxylic acids is 3. The molecule has 18 heavy (non-hydrogen) atoms. The number of amides is 4. The lowest BCUT2D eigenvalue weighted by atomic mass is 9.95. The third-order valence-corrected chi connectivity index (χ3v) is 3.00. The van der Waals surface area contributed by atoms with Gasteiger partial charge in [0, 0.05) is 7.05 Å². The van der Waals surface area contributed by atoms with Crippen molar-refractivity contribution in [3.63, 3.8) is 0 Å². The van der Waals surface area contributed by atoms with Gasteiger partial charge < -0.3 is 0 Å². The highest BCUT2D eigenvalue weighted by Crippen LogP contribution is 2.16. The van der Waals surface area contributed by atoms with E-state index < -0.39 is 23.8 Å². The summed E-state index contributed by atoms with van der Waals surface area (Å²) in [5, 5.41) is 2.17. The first-order valence-electron chi connectivity index (χ1n) is 5.67. The van der Waals surface area contributed by atoms with Gasteiger partial charge in [-0.15, -0.1) is 0 Å². The molecule has 1 N–H and O–H groups in total. The van der Waals surface area contributed by atoms with Crippen LogP contribution < -0.4 is 5.32 Å². The second-order valence-electron chi connectivity index (χ2n) is 4.44. The normalized spacial score (nSPS) is 20.0. The third kappa shape index (κ3) is 2.25. The van der Waals surface area contributed by atoms with Crippen LogP contribution in [0.1, 0.15) is 11.1 Å². The summed E-state index contributed by atoms with van der Waals surface area (Å²) in [7, 11) is 1.37. The van der Waals surface area contributed by atoms with Gasteiger partial charge in [-0.25, -0.2) is 4.79 Å². The lowest BCUT2D eigenvalue weighted by Gasteiger charge is -2.27. The van der Waals surface area contributed by atoms with Crippen molar-refractivity contribution >= 4 is 17.8 Å². The minimum Gasteiger partial charge on any atom is -0.277 e. The fourth-order valence-electron chi connectivity index (χ4n) is 1.98. The Labute approximate surface area is 105 Å². The maximum Gasteiger partial charge on any atom is 0.330 e. The Hall–Kier alpha value is -2.17. The maximum atomic E-state index is 11.9. The average molecular weight is 246 g/mol. The molecule has 0 bridgehead atoms. The molecule has 94 valence electrons. The molecule has 1 aromatic rings. The molecule has 1 atom stereocenters. The zero-order chi connectivity index (χ0) is 13.3. The van der Waals surface area contributed by atoms with Gasteiger partial charge >= 0.3 is 6.03 Å². The van der Waals surface area contributed by atoms with E-state index in [1.54, 1.807) is 0 Å². The van der Waals surface area contributed by atoms with E-state index in [9.17, 15) is 14.4 Å². The molecule has 2 rings (SSSR count). The lowest BCUT2D eigenvalue weighted by Crippen LogP contribution is -2.56. The number of hydrogen-bond donors (Lipinski definition) is 1. The number of barbiturate groups is 1. The molecule has 0 saturated carbocycles. The molecule has 5 nitrogen and oxygen atoms in total. The van der Waals surface area contributed by atoms with E-state index in [4.69, 9.17) is 0 Å². The molecule has 1 aliphatic rings. The van der Waals surface area contributed by atoms with Crippen LogP contribution >= 0.6 is 0 Å². The van der Waals surface area contributed by atoms with Crippen LogP contribution in [0.4, 0.5) is 4.79 Å². The largest absolute Gasteiger partial charge is 0.330 e. The van der Waals surface area contributed by atoms with Gasteiger partial charge in [-0.2, -0.15) is 0 Å². The number of carbonyl (C=O) groups is 3. The number of nitrogens with one attached hydrogen (secondary N) is 1. The molecule has 0 spiro atoms. The van der Waals surface area contributed by atoms with E-state index in [2.05, 4.69) is 5.32 Å². The number of nitrogens with zero attached hydrogens (tertiary/aromatic N) is 1. The van der Waals surface area contributed by atoms with E-state index in [1.807, 2.05) is 31.2 Å². The quantitative estimate of drug-likeness (QED) is 0.787. The molecule has 1 fully saturated rings. The predicted octanol–water partition coefficient (Wildman–Crippen LogP) is 0.862. The molecule has 0 radical (unpaired) electrons. The van der Waals surface area contributed by atoms with Crippen LogP contribution in [0.5, 0.6) is 0 Å². The van der Waals surface area contributed by atoms with Gasteiger partial charge in [0.25, 0.3) is 0 Å². The summed E-state index contributed by atoms with van der Waals surface area (Å²) in [6.45, 7) is 1.95. The van der Waals surface area contributed by atoms with Gasteiger partial charge in [-0.05, 0) is 18.9 Å². The topological polar surface area (TPSA) is 66.5 Å². The number of rotatable bonds is 2. The van der Waals surface area contributed by atoms with Crippen molar-refractivity contribution < 1.29 is 14.4 Å². The Balaban J connectivity index is 2.20. The van der Waals surface area contributed by atoms with E-state index >= 15 is 0 Å². The monoisotopic (exact) mass is 246 g/mol. The molecule has 5 heteroatoms. The first-order valence-corrected chi connectivity index (χ1v) is 5.67. The summed E-state index contributed by atoms with van der Waals surface area (Å²) in [5.41, 5.74) is 1.98. The highest BCUT2D eigenvalue weighted by Gasteiger charge is 2.38. The maximum absolute atomic E-state index is 11.9. The summed E-state index contributed by atoms with van der Waals surface area (Å²) < 4.78 is 0. The van der Waals surface area contributed by atoms with Crippen molar-refractivity contribution in [3.05, 3.63) is 35.4 Å². The van der Waals surface area contributed by atoms with E-state index in [0.29, 0.717) is 6.42 Å². The van der Waals surface area contributed by atoms with Crippen LogP contribution in [0.3, 0.4) is 0 Å². The number of imide groups is 2. The number of hydrogen-bond acceptors (Lipinski definition) is 3. The van der Waals surface area contributed by atoms with E-state index in [1.165, 1.54) is 7.05 Å². The smallest absolute Gasteiger partial charge is 0.277 e. The molecule has 0 aliphatic carbocycles. The second-order valence-corrected chi connectivity index (χ2v) is 4.44. The van der Waals surface area contributed by atoms with Crippen molar-refractivity contribution in [2.75, 3.05) is 7.05 Å². The zero-order valence-electron chi connectivity index (χ0n) is 10.3. The highest BCUT2D eigenvalue weighted by molar-refractivity contribution is 6.16. The van der Waals surface area contributed by atoms with Gasteiger partial charge in [0.05, 0.1) is 0 Å². The van der Waals surface area contributed by atoms with Crippen molar-refractivity contribution in [1.82, 2.24) is 10.2 Å². The molecular weight excluding hydrogens is 232 g/mol. The van der Waals surface area contributed by atoms with Crippen molar-refractivity contribution in [1.29, 1.82) is 0 Å². The minimum absolute atomic E-state index is 0.309. The number of aryl methyl sites for hydroxylation is 1. The molecule has 1 saturated heterocycles.